The number of para-hydroxylation sites is 1. The van der Waals surface area contributed by atoms with Gasteiger partial charge in [-0.25, -0.2) is 0 Å². The van der Waals surface area contributed by atoms with Crippen molar-refractivity contribution < 1.29 is 92.3 Å². The zero-order valence-electron chi connectivity index (χ0n) is 62.7. The number of rotatable bonds is 51. The fourth-order valence-corrected chi connectivity index (χ4v) is 11.2. The van der Waals surface area contributed by atoms with Crippen LogP contribution in [0.1, 0.15) is 144 Å². The number of carboxylic acids is 2. The fourth-order valence-electron chi connectivity index (χ4n) is 11.2. The van der Waals surface area contributed by atoms with Crippen LogP contribution in [-0.4, -0.2) is 226 Å². The lowest BCUT2D eigenvalue weighted by Crippen LogP contribution is -2.62. The number of nitrogens with one attached hydrogen (secondary N) is 14. The van der Waals surface area contributed by atoms with Gasteiger partial charge in [0.1, 0.15) is 72.5 Å². The van der Waals surface area contributed by atoms with Crippen molar-refractivity contribution in [1.29, 1.82) is 0 Å². The molecule has 36 nitrogen and oxygen atoms in total. The van der Waals surface area contributed by atoms with Gasteiger partial charge in [0.25, 0.3) is 0 Å². The number of carbonyl (C=O) groups excluding carboxylic acids is 13. The van der Waals surface area contributed by atoms with Crippen LogP contribution in [-0.2, 0) is 84.8 Å². The lowest BCUT2D eigenvalue weighted by atomic mass is 9.96. The van der Waals surface area contributed by atoms with Crippen molar-refractivity contribution in [2.24, 2.45) is 35.0 Å². The van der Waals surface area contributed by atoms with E-state index in [1.54, 1.807) is 102 Å². The van der Waals surface area contributed by atoms with Crippen LogP contribution >= 0.6 is 0 Å². The predicted octanol–water partition coefficient (Wildman–Crippen LogP) is -3.39. The minimum atomic E-state index is -1.87. The number of hydrogen-bond donors (Lipinski definition) is 21. The molecule has 1 aromatic heterocycles. The maximum absolute atomic E-state index is 14.5. The topological polar surface area (TPSA) is 587 Å². The van der Waals surface area contributed by atoms with Crippen LogP contribution in [0.25, 0.3) is 10.9 Å². The van der Waals surface area contributed by atoms with Gasteiger partial charge in [-0.15, -0.1) is 0 Å². The second kappa shape index (κ2) is 48.2. The first-order chi connectivity index (χ1) is 51.3. The molecular weight excluding hydrogens is 1410 g/mol. The maximum Gasteiger partial charge on any atom is 0.325 e. The van der Waals surface area contributed by atoms with E-state index in [0.29, 0.717) is 34.9 Å². The Hall–Kier alpha value is -10.2. The van der Waals surface area contributed by atoms with Crippen molar-refractivity contribution in [2.45, 2.75) is 218 Å². The summed E-state index contributed by atoms with van der Waals surface area (Å²) in [4.78, 5) is 207. The number of aliphatic carboxylic acids is 2. The number of H-pyrrole nitrogens is 1. The number of carbonyl (C=O) groups is 15. The summed E-state index contributed by atoms with van der Waals surface area (Å²) in [6.45, 7) is 9.70. The Morgan fingerprint density at radius 1 is 0.417 bits per heavy atom. The Morgan fingerprint density at radius 2 is 0.843 bits per heavy atom. The Bertz CT molecular complexity index is 3490. The quantitative estimate of drug-likeness (QED) is 0.0245. The second-order valence-corrected chi connectivity index (χ2v) is 27.2. The third-order valence-electron chi connectivity index (χ3n) is 17.8. The lowest BCUT2D eigenvalue weighted by molar-refractivity contribution is -0.142. The first kappa shape index (κ1) is 92.0. The number of carboxylic acid groups (broad SMARTS) is 2. The van der Waals surface area contributed by atoms with Crippen LogP contribution in [0, 0.1) is 17.8 Å². The molecule has 0 radical (unpaired) electrons. The van der Waals surface area contributed by atoms with Crippen molar-refractivity contribution in [3.05, 3.63) is 71.9 Å². The van der Waals surface area contributed by atoms with Crippen molar-refractivity contribution in [2.75, 3.05) is 39.4 Å². The number of amides is 13. The van der Waals surface area contributed by atoms with Gasteiger partial charge in [-0.05, 0) is 93.6 Å². The van der Waals surface area contributed by atoms with Gasteiger partial charge >= 0.3 is 11.9 Å². The van der Waals surface area contributed by atoms with Crippen molar-refractivity contribution in [3.63, 3.8) is 0 Å². The molecule has 0 bridgehead atoms. The molecule has 0 saturated heterocycles. The molecule has 0 aliphatic rings. The van der Waals surface area contributed by atoms with Crippen molar-refractivity contribution >= 4 is 99.6 Å². The van der Waals surface area contributed by atoms with E-state index >= 15 is 0 Å². The molecular formula is C72H113N17O19. The Kier molecular flexibility index (Phi) is 41.1. The minimum Gasteiger partial charge on any atom is -0.481 e. The highest BCUT2D eigenvalue weighted by Crippen LogP contribution is 2.20. The zero-order chi connectivity index (χ0) is 80.7. The third-order valence-corrected chi connectivity index (χ3v) is 17.8. The molecule has 3 aromatic rings. The summed E-state index contributed by atoms with van der Waals surface area (Å²) < 4.78 is 0. The van der Waals surface area contributed by atoms with Gasteiger partial charge in [0.05, 0.1) is 19.8 Å². The number of fused-ring (bicyclic) bond motifs is 1. The van der Waals surface area contributed by atoms with E-state index in [1.165, 1.54) is 6.92 Å². The van der Waals surface area contributed by atoms with E-state index in [4.69, 9.17) is 17.2 Å². The molecule has 2 aromatic carbocycles. The molecule has 0 saturated carbocycles. The Morgan fingerprint density at radius 3 is 1.36 bits per heavy atom. The number of aromatic nitrogens is 1. The second-order valence-electron chi connectivity index (χ2n) is 27.2. The number of aliphatic hydroxyl groups excluding tert-OH is 2. The van der Waals surface area contributed by atoms with Crippen molar-refractivity contribution in [3.8, 4) is 0 Å². The van der Waals surface area contributed by atoms with Crippen LogP contribution in [0.3, 0.4) is 0 Å². The van der Waals surface area contributed by atoms with E-state index in [1.807, 2.05) is 0 Å². The highest BCUT2D eigenvalue weighted by molar-refractivity contribution is 6.00. The summed E-state index contributed by atoms with van der Waals surface area (Å²) in [6.07, 6.45) is 4.16. The van der Waals surface area contributed by atoms with E-state index in [-0.39, 0.29) is 70.0 Å². The largest absolute Gasteiger partial charge is 0.481 e. The maximum atomic E-state index is 14.5. The van der Waals surface area contributed by atoms with E-state index < -0.39 is 200 Å². The summed E-state index contributed by atoms with van der Waals surface area (Å²) in [5.74, 6) is -16.3. The highest BCUT2D eigenvalue weighted by atomic mass is 16.4. The third kappa shape index (κ3) is 31.3. The van der Waals surface area contributed by atoms with Gasteiger partial charge < -0.3 is 112 Å². The van der Waals surface area contributed by atoms with Gasteiger partial charge in [-0.3, -0.25) is 71.9 Å². The molecule has 3 rings (SSSR count). The van der Waals surface area contributed by atoms with Crippen molar-refractivity contribution in [1.82, 2.24) is 74.1 Å². The Balaban J connectivity index is 1.85. The number of benzene rings is 2. The standard InChI is InChI=1S/C72H113N17O19/c1-9-11-12-13-17-24-55(92)87-58(39(3)4)69(104)83-48(27-30-73)61(96)77-36-56(93)79-53(37-90)67(102)85-52(34-44-35-76-46-23-19-18-22-45(44)46)66(101)86-54(38-91)68(103)82-49(28-31-74)62(97)81-50(29-32-75)63(98)84-51(33-43-20-15-14-16-21-43)65(100)80-47(25-26-57(94)95)64(99)88-59(40(5)6)70(105)89-60(41(7)10-2)71(106)78-42(8)72(107)108/h14-16,18-23,35,39-42,47-54,58-60,76,90-91H,9-13,17,24-34,36-38,73-75H2,1-8H3,(H,77,96)(H,78,106)(H,79,93)(H,80,100)(H,81,97)(H,82,103)(H,83,104)(H,84,98)(H,85,102)(H,86,101)(H,87,92)(H,88,99)(H,89,105)(H,94,95)(H,107,108)/t41-,42-,47-,48+,49-,50+,51-,52+,53+,54-,58+,59-,60+/m0/s1. The number of aromatic amines is 1. The van der Waals surface area contributed by atoms with Gasteiger partial charge in [0, 0.05) is 42.8 Å². The van der Waals surface area contributed by atoms with Crippen LogP contribution in [0.2, 0.25) is 0 Å². The molecule has 0 aliphatic heterocycles. The molecule has 600 valence electrons. The smallest absolute Gasteiger partial charge is 0.325 e. The summed E-state index contributed by atoms with van der Waals surface area (Å²) in [6, 6.07) is -2.91. The minimum absolute atomic E-state index is 0.0716. The van der Waals surface area contributed by atoms with Gasteiger partial charge in [-0.2, -0.15) is 0 Å². The highest BCUT2D eigenvalue weighted by Gasteiger charge is 2.38. The van der Waals surface area contributed by atoms with Crippen LogP contribution in [0.5, 0.6) is 0 Å². The van der Waals surface area contributed by atoms with E-state index in [2.05, 4.69) is 81.0 Å². The summed E-state index contributed by atoms with van der Waals surface area (Å²) >= 11 is 0. The SMILES string of the molecule is CCCCCCCC(=O)N[C@@H](C(=O)N[C@H](CCN)C(=O)NCC(=O)N[C@H](CO)C(=O)N[C@H](Cc1c[nH]c2ccccc12)C(=O)N[C@@H](CO)C(=O)N[C@@H](CCN)C(=O)N[C@H](CCN)C(=O)N[C@@H](Cc1ccccc1)C(=O)N[C@@H](CCC(=O)O)C(=O)N[C@H](C(=O)N[C@@H](C(=O)N[C@@H](C)C(=O)O)[C@@H](C)CC)C(C)C)C(C)C. The molecule has 0 fully saturated rings. The molecule has 0 unspecified atom stereocenters. The number of nitrogens with two attached hydrogens (primary N) is 3. The molecule has 36 heteroatoms. The average molecular weight is 1520 g/mol. The molecule has 24 N–H and O–H groups in total. The first-order valence-electron chi connectivity index (χ1n) is 36.5. The molecule has 0 aliphatic carbocycles. The predicted molar refractivity (Wildman–Crippen MR) is 396 cm³/mol. The average Bonchev–Trinajstić information content (AvgIpc) is 1.72. The van der Waals surface area contributed by atoms with Crippen LogP contribution in [0.15, 0.2) is 60.8 Å². The van der Waals surface area contributed by atoms with E-state index in [0.717, 1.165) is 25.7 Å². The fraction of sp³-hybridized carbons (Fsp3) is 0.597. The van der Waals surface area contributed by atoms with Gasteiger partial charge in [-0.1, -0.05) is 129 Å². The monoisotopic (exact) mass is 1520 g/mol. The summed E-state index contributed by atoms with van der Waals surface area (Å²) in [5, 5.41) is 73.1. The number of aliphatic hydroxyl groups is 2. The first-order valence-corrected chi connectivity index (χ1v) is 36.5. The van der Waals surface area contributed by atoms with Gasteiger partial charge in [0.15, 0.2) is 0 Å². The Labute approximate surface area is 627 Å². The molecule has 13 amide bonds. The summed E-state index contributed by atoms with van der Waals surface area (Å²) in [7, 11) is 0. The lowest BCUT2D eigenvalue weighted by Gasteiger charge is -2.30. The molecule has 108 heavy (non-hydrogen) atoms. The number of hydrogen-bond acceptors (Lipinski definition) is 20. The zero-order valence-corrected chi connectivity index (χ0v) is 62.7. The van der Waals surface area contributed by atoms with Crippen LogP contribution in [0.4, 0.5) is 0 Å². The normalized spacial score (nSPS) is 14.8. The van der Waals surface area contributed by atoms with E-state index in [9.17, 15) is 92.3 Å². The number of unbranched alkanes of at least 4 members (excludes halogenated alkanes) is 4. The summed E-state index contributed by atoms with van der Waals surface area (Å²) in [5.41, 5.74) is 19.2. The molecule has 1 heterocycles. The van der Waals surface area contributed by atoms with Gasteiger partial charge in [0.2, 0.25) is 76.8 Å². The molecule has 0 spiro atoms. The molecule has 13 atom stereocenters. The van der Waals surface area contributed by atoms with Crippen LogP contribution < -0.4 is 86.3 Å².